The number of anilines is 1. The number of likely N-dealkylation sites (tertiary alicyclic amines) is 1. The molecule has 4 aromatic carbocycles. The van der Waals surface area contributed by atoms with E-state index in [-0.39, 0.29) is 12.4 Å². The number of halogens is 1. The van der Waals surface area contributed by atoms with Gasteiger partial charge in [0.1, 0.15) is 24.3 Å². The Morgan fingerprint density at radius 1 is 0.825 bits per heavy atom. The van der Waals surface area contributed by atoms with Crippen LogP contribution < -0.4 is 10.5 Å². The number of ether oxygens (including phenoxy) is 1. The zero-order valence-electron chi connectivity index (χ0n) is 23.4. The van der Waals surface area contributed by atoms with Crippen LogP contribution in [0.3, 0.4) is 0 Å². The molecule has 1 saturated heterocycles. The minimum atomic E-state index is -0.532. The molecule has 3 N–H and O–H groups in total. The summed E-state index contributed by atoms with van der Waals surface area (Å²) in [5, 5.41) is 10.6. The summed E-state index contributed by atoms with van der Waals surface area (Å²) in [5.74, 6) is 1.12. The van der Waals surface area contributed by atoms with Crippen molar-refractivity contribution < 1.29 is 14.2 Å². The van der Waals surface area contributed by atoms with E-state index in [1.165, 1.54) is 34.4 Å². The predicted molar refractivity (Wildman–Crippen MR) is 161 cm³/mol. The highest BCUT2D eigenvalue weighted by molar-refractivity contribution is 5.64. The first-order valence-corrected chi connectivity index (χ1v) is 14.2. The molecule has 0 aromatic heterocycles. The third kappa shape index (κ3) is 6.90. The summed E-state index contributed by atoms with van der Waals surface area (Å²) in [6.07, 6.45) is 2.43. The van der Waals surface area contributed by atoms with Crippen molar-refractivity contribution in [1.82, 2.24) is 4.90 Å². The predicted octanol–water partition coefficient (Wildman–Crippen LogP) is 6.90. The van der Waals surface area contributed by atoms with Crippen molar-refractivity contribution in [3.63, 3.8) is 0 Å². The van der Waals surface area contributed by atoms with Gasteiger partial charge in [0.15, 0.2) is 0 Å². The van der Waals surface area contributed by atoms with Crippen LogP contribution in [0.5, 0.6) is 5.75 Å². The van der Waals surface area contributed by atoms with Gasteiger partial charge >= 0.3 is 0 Å². The zero-order valence-corrected chi connectivity index (χ0v) is 23.4. The van der Waals surface area contributed by atoms with Crippen molar-refractivity contribution in [3.8, 4) is 16.9 Å². The molecule has 0 radical (unpaired) electrons. The Morgan fingerprint density at radius 3 is 2.02 bits per heavy atom. The second-order valence-electron chi connectivity index (χ2n) is 11.1. The number of piperidine rings is 1. The van der Waals surface area contributed by atoms with Crippen molar-refractivity contribution in [3.05, 3.63) is 119 Å². The lowest BCUT2D eigenvalue weighted by atomic mass is 9.88. The van der Waals surface area contributed by atoms with Crippen LogP contribution in [0.15, 0.2) is 84.9 Å². The third-order valence-electron chi connectivity index (χ3n) is 8.26. The minimum Gasteiger partial charge on any atom is -0.491 e. The van der Waals surface area contributed by atoms with E-state index < -0.39 is 6.10 Å². The highest BCUT2D eigenvalue weighted by Gasteiger charge is 2.22. The van der Waals surface area contributed by atoms with Crippen LogP contribution in [0.25, 0.3) is 11.1 Å². The second-order valence-corrected chi connectivity index (χ2v) is 11.1. The van der Waals surface area contributed by atoms with Crippen LogP contribution >= 0.6 is 0 Å². The van der Waals surface area contributed by atoms with Crippen LogP contribution in [-0.2, 0) is 6.42 Å². The lowest BCUT2D eigenvalue weighted by Gasteiger charge is -2.33. The van der Waals surface area contributed by atoms with Crippen molar-refractivity contribution in [1.29, 1.82) is 0 Å². The number of hydrogen-bond acceptors (Lipinski definition) is 4. The minimum absolute atomic E-state index is 0.200. The summed E-state index contributed by atoms with van der Waals surface area (Å²) in [4.78, 5) is 2.34. The van der Waals surface area contributed by atoms with Gasteiger partial charge in [-0.1, -0.05) is 60.7 Å². The van der Waals surface area contributed by atoms with Crippen molar-refractivity contribution in [2.45, 2.75) is 45.1 Å². The monoisotopic (exact) mass is 538 g/mol. The number of nitrogens with two attached hydrogens (primary N) is 1. The SMILES string of the molecule is Cc1c(N)ccc(OCC(O)CN2CCC(c3ccc(-c4ccc(Cc5ccc(F)cc5)cc4)cc3)CC2)c1C. The van der Waals surface area contributed by atoms with Crippen LogP contribution in [0.4, 0.5) is 10.1 Å². The first kappa shape index (κ1) is 27.9. The maximum Gasteiger partial charge on any atom is 0.123 e. The van der Waals surface area contributed by atoms with E-state index >= 15 is 0 Å². The fourth-order valence-electron chi connectivity index (χ4n) is 5.56. The Hall–Kier alpha value is -3.67. The summed E-state index contributed by atoms with van der Waals surface area (Å²) in [6.45, 7) is 6.83. The van der Waals surface area contributed by atoms with Gasteiger partial charge in [0.2, 0.25) is 0 Å². The standard InChI is InChI=1S/C35H39FN2O2/c1-24-25(2)35(16-15-34(24)37)40-23-33(39)22-38-19-17-31(18-20-38)30-11-9-29(10-12-30)28-7-3-26(4-8-28)21-27-5-13-32(36)14-6-27/h3-16,31,33,39H,17-23,37H2,1-2H3. The Kier molecular flexibility index (Phi) is 8.83. The first-order chi connectivity index (χ1) is 19.4. The highest BCUT2D eigenvalue weighted by Crippen LogP contribution is 2.31. The van der Waals surface area contributed by atoms with Gasteiger partial charge in [-0.2, -0.15) is 0 Å². The Balaban J connectivity index is 1.09. The topological polar surface area (TPSA) is 58.7 Å². The quantitative estimate of drug-likeness (QED) is 0.228. The van der Waals surface area contributed by atoms with E-state index in [0.717, 1.165) is 60.5 Å². The smallest absolute Gasteiger partial charge is 0.123 e. The molecule has 1 unspecified atom stereocenters. The molecule has 5 heteroatoms. The molecule has 0 saturated carbocycles. The molecule has 40 heavy (non-hydrogen) atoms. The van der Waals surface area contributed by atoms with Gasteiger partial charge in [0.25, 0.3) is 0 Å². The number of nitrogens with zero attached hydrogens (tertiary/aromatic N) is 1. The lowest BCUT2D eigenvalue weighted by molar-refractivity contribution is 0.0592. The van der Waals surface area contributed by atoms with Gasteiger partial charge in [-0.15, -0.1) is 0 Å². The normalized spacial score (nSPS) is 15.2. The second kappa shape index (κ2) is 12.7. The molecule has 4 nitrogen and oxygen atoms in total. The van der Waals surface area contributed by atoms with Gasteiger partial charge in [-0.25, -0.2) is 4.39 Å². The number of hydrogen-bond donors (Lipinski definition) is 2. The average Bonchev–Trinajstić information content (AvgIpc) is 2.98. The average molecular weight is 539 g/mol. The molecule has 0 bridgehead atoms. The molecule has 1 aliphatic heterocycles. The van der Waals surface area contributed by atoms with E-state index in [2.05, 4.69) is 53.4 Å². The van der Waals surface area contributed by atoms with E-state index in [1.807, 2.05) is 38.1 Å². The lowest BCUT2D eigenvalue weighted by Crippen LogP contribution is -2.40. The first-order valence-electron chi connectivity index (χ1n) is 14.2. The highest BCUT2D eigenvalue weighted by atomic mass is 19.1. The molecule has 1 heterocycles. The summed E-state index contributed by atoms with van der Waals surface area (Å²) in [5.41, 5.74) is 14.9. The molecular weight excluding hydrogens is 499 g/mol. The summed E-state index contributed by atoms with van der Waals surface area (Å²) >= 11 is 0. The molecule has 1 fully saturated rings. The molecule has 0 aliphatic carbocycles. The maximum absolute atomic E-state index is 13.2. The number of rotatable bonds is 9. The van der Waals surface area contributed by atoms with E-state index in [9.17, 15) is 9.50 Å². The molecule has 208 valence electrons. The number of aliphatic hydroxyl groups excluding tert-OH is 1. The number of β-amino-alcohol motifs (C(OH)–C–C–N with tert-alkyl or cyclic N) is 1. The van der Waals surface area contributed by atoms with Gasteiger partial charge < -0.3 is 20.5 Å². The van der Waals surface area contributed by atoms with Crippen LogP contribution in [-0.4, -0.2) is 42.4 Å². The molecule has 0 spiro atoms. The Morgan fingerprint density at radius 2 is 1.40 bits per heavy atom. The van der Waals surface area contributed by atoms with Crippen LogP contribution in [0.1, 0.15) is 46.6 Å². The summed E-state index contributed by atoms with van der Waals surface area (Å²) in [7, 11) is 0. The Labute approximate surface area is 237 Å². The maximum atomic E-state index is 13.2. The largest absolute Gasteiger partial charge is 0.491 e. The van der Waals surface area contributed by atoms with Gasteiger partial charge in [0.05, 0.1) is 0 Å². The third-order valence-corrected chi connectivity index (χ3v) is 8.26. The van der Waals surface area contributed by atoms with E-state index in [4.69, 9.17) is 10.5 Å². The van der Waals surface area contributed by atoms with Gasteiger partial charge in [-0.05, 0) is 115 Å². The van der Waals surface area contributed by atoms with Crippen LogP contribution in [0, 0.1) is 19.7 Å². The van der Waals surface area contributed by atoms with E-state index in [0.29, 0.717) is 12.5 Å². The molecule has 5 rings (SSSR count). The fourth-order valence-corrected chi connectivity index (χ4v) is 5.56. The Bertz CT molecular complexity index is 1390. The summed E-state index contributed by atoms with van der Waals surface area (Å²) < 4.78 is 19.1. The van der Waals surface area contributed by atoms with Gasteiger partial charge in [0, 0.05) is 12.2 Å². The number of benzene rings is 4. The number of nitrogen functional groups attached to an aromatic ring is 1. The van der Waals surface area contributed by atoms with Crippen molar-refractivity contribution in [2.75, 3.05) is 32.0 Å². The molecule has 4 aromatic rings. The van der Waals surface area contributed by atoms with Crippen molar-refractivity contribution in [2.24, 2.45) is 0 Å². The van der Waals surface area contributed by atoms with E-state index in [1.54, 1.807) is 0 Å². The number of aliphatic hydroxyl groups is 1. The van der Waals surface area contributed by atoms with Gasteiger partial charge in [-0.3, -0.25) is 0 Å². The van der Waals surface area contributed by atoms with Crippen molar-refractivity contribution >= 4 is 5.69 Å². The molecular formula is C35H39FN2O2. The molecule has 1 aliphatic rings. The fraction of sp³-hybridized carbons (Fsp3) is 0.314. The molecule has 0 amide bonds. The molecule has 1 atom stereocenters. The summed E-state index contributed by atoms with van der Waals surface area (Å²) in [6, 6.07) is 28.1. The zero-order chi connectivity index (χ0) is 28.1. The van der Waals surface area contributed by atoms with Crippen LogP contribution in [0.2, 0.25) is 0 Å².